The molecule has 0 amide bonds. The summed E-state index contributed by atoms with van der Waals surface area (Å²) >= 11 is 0. The third-order valence-corrected chi connectivity index (χ3v) is 2.32. The Kier molecular flexibility index (Phi) is 3.62. The number of nitrogens with zero attached hydrogens (tertiary/aromatic N) is 3. The van der Waals surface area contributed by atoms with E-state index in [-0.39, 0.29) is 0 Å². The quantitative estimate of drug-likeness (QED) is 0.359. The van der Waals surface area contributed by atoms with Crippen LogP contribution in [0, 0.1) is 0 Å². The Morgan fingerprint density at radius 1 is 1.35 bits per heavy atom. The summed E-state index contributed by atoms with van der Waals surface area (Å²) in [6.45, 7) is 2.78. The molecule has 88 valence electrons. The first-order chi connectivity index (χ1) is 8.35. The van der Waals surface area contributed by atoms with E-state index >= 15 is 0 Å². The van der Waals surface area contributed by atoms with Gasteiger partial charge in [-0.25, -0.2) is 10.8 Å². The zero-order valence-corrected chi connectivity index (χ0v) is 9.72. The van der Waals surface area contributed by atoms with Crippen molar-refractivity contribution < 1.29 is 0 Å². The summed E-state index contributed by atoms with van der Waals surface area (Å²) in [6, 6.07) is 7.70. The molecule has 17 heavy (non-hydrogen) atoms. The number of aromatic nitrogens is 2. The average molecular weight is 229 g/mol. The molecular formula is C12H15N5. The Morgan fingerprint density at radius 2 is 2.12 bits per heavy atom. The van der Waals surface area contributed by atoms with Gasteiger partial charge in [-0.2, -0.15) is 0 Å². The number of hydrogen-bond donors (Lipinski definition) is 2. The molecule has 0 saturated heterocycles. The lowest BCUT2D eigenvalue weighted by molar-refractivity contribution is 0.904. The van der Waals surface area contributed by atoms with Gasteiger partial charge in [0, 0.05) is 6.54 Å². The van der Waals surface area contributed by atoms with Crippen molar-refractivity contribution in [2.24, 2.45) is 10.8 Å². The predicted molar refractivity (Wildman–Crippen MR) is 68.6 cm³/mol. The Bertz CT molecular complexity index is 535. The van der Waals surface area contributed by atoms with Gasteiger partial charge in [0.25, 0.3) is 0 Å². The summed E-state index contributed by atoms with van der Waals surface area (Å²) in [7, 11) is 0. The van der Waals surface area contributed by atoms with Crippen molar-refractivity contribution in [3.8, 4) is 0 Å². The maximum atomic E-state index is 5.44. The molecule has 0 unspecified atom stereocenters. The molecule has 5 nitrogen and oxygen atoms in total. The molecule has 5 heteroatoms. The lowest BCUT2D eigenvalue weighted by Crippen LogP contribution is -2.32. The third kappa shape index (κ3) is 2.57. The fraction of sp³-hybridized carbons (Fsp3) is 0.250. The molecule has 0 saturated carbocycles. The predicted octanol–water partition coefficient (Wildman–Crippen LogP) is 1.25. The second-order valence-corrected chi connectivity index (χ2v) is 3.62. The molecule has 3 N–H and O–H groups in total. The van der Waals surface area contributed by atoms with E-state index in [2.05, 4.69) is 27.3 Å². The van der Waals surface area contributed by atoms with E-state index in [1.807, 2.05) is 24.3 Å². The monoisotopic (exact) mass is 229 g/mol. The van der Waals surface area contributed by atoms with Gasteiger partial charge in [0.2, 0.25) is 0 Å². The van der Waals surface area contributed by atoms with Crippen LogP contribution in [0.15, 0.2) is 35.5 Å². The van der Waals surface area contributed by atoms with Crippen LogP contribution in [0.5, 0.6) is 0 Å². The van der Waals surface area contributed by atoms with Gasteiger partial charge >= 0.3 is 0 Å². The maximum Gasteiger partial charge on any atom is 0.163 e. The number of amidine groups is 1. The largest absolute Gasteiger partial charge is 0.307 e. The number of nitrogens with two attached hydrogens (primary N) is 1. The normalized spacial score (nSPS) is 11.8. The fourth-order valence-electron chi connectivity index (χ4n) is 1.50. The van der Waals surface area contributed by atoms with Gasteiger partial charge in [-0.15, -0.1) is 0 Å². The zero-order chi connectivity index (χ0) is 12.1. The highest BCUT2D eigenvalue weighted by Crippen LogP contribution is 2.08. The number of hydrazine groups is 1. The smallest absolute Gasteiger partial charge is 0.163 e. The number of para-hydroxylation sites is 2. The van der Waals surface area contributed by atoms with Crippen molar-refractivity contribution >= 4 is 16.9 Å². The van der Waals surface area contributed by atoms with Gasteiger partial charge in [-0.3, -0.25) is 9.98 Å². The van der Waals surface area contributed by atoms with Gasteiger partial charge < -0.3 is 5.43 Å². The number of rotatable bonds is 3. The van der Waals surface area contributed by atoms with Crippen molar-refractivity contribution in [3.05, 3.63) is 36.2 Å². The van der Waals surface area contributed by atoms with Crippen LogP contribution in [0.25, 0.3) is 11.0 Å². The molecule has 0 radical (unpaired) electrons. The van der Waals surface area contributed by atoms with Crippen molar-refractivity contribution in [2.45, 2.75) is 13.3 Å². The van der Waals surface area contributed by atoms with E-state index in [0.717, 1.165) is 17.5 Å². The molecule has 0 spiro atoms. The minimum absolute atomic E-state index is 0.574. The Hall–Kier alpha value is -2.01. The van der Waals surface area contributed by atoms with Crippen molar-refractivity contribution in [2.75, 3.05) is 6.54 Å². The number of benzene rings is 1. The van der Waals surface area contributed by atoms with Gasteiger partial charge in [0.05, 0.1) is 17.2 Å². The maximum absolute atomic E-state index is 5.44. The summed E-state index contributed by atoms with van der Waals surface area (Å²) in [5, 5.41) is 0. The molecule has 2 rings (SSSR count). The van der Waals surface area contributed by atoms with E-state index in [4.69, 9.17) is 5.84 Å². The van der Waals surface area contributed by atoms with Gasteiger partial charge in [0.1, 0.15) is 5.69 Å². The number of aliphatic imine (C=N–C) groups is 1. The molecule has 2 aromatic rings. The Morgan fingerprint density at radius 3 is 2.82 bits per heavy atom. The number of fused-ring (bicyclic) bond motifs is 1. The minimum Gasteiger partial charge on any atom is -0.307 e. The second kappa shape index (κ2) is 5.36. The summed E-state index contributed by atoms with van der Waals surface area (Å²) < 4.78 is 0. The SMILES string of the molecule is CCCN=C(NN)c1cnc2ccccc2n1. The average Bonchev–Trinajstić information content (AvgIpc) is 2.39. The topological polar surface area (TPSA) is 76.2 Å². The standard InChI is InChI=1S/C12H15N5/c1-2-7-14-12(17-13)11-8-15-9-5-3-4-6-10(9)16-11/h3-6,8H,2,7,13H2,1H3,(H,14,17). The van der Waals surface area contributed by atoms with E-state index in [1.54, 1.807) is 6.20 Å². The van der Waals surface area contributed by atoms with E-state index in [9.17, 15) is 0 Å². The lowest BCUT2D eigenvalue weighted by Gasteiger charge is -2.05. The van der Waals surface area contributed by atoms with Crippen molar-refractivity contribution in [3.63, 3.8) is 0 Å². The number of hydrogen-bond acceptors (Lipinski definition) is 4. The number of nitrogens with one attached hydrogen (secondary N) is 1. The van der Waals surface area contributed by atoms with E-state index in [0.29, 0.717) is 18.1 Å². The van der Waals surface area contributed by atoms with Crippen LogP contribution in [0.3, 0.4) is 0 Å². The summed E-state index contributed by atoms with van der Waals surface area (Å²) in [6.07, 6.45) is 2.64. The van der Waals surface area contributed by atoms with Crippen LogP contribution >= 0.6 is 0 Å². The molecule has 0 aliphatic carbocycles. The summed E-state index contributed by atoms with van der Waals surface area (Å²) in [4.78, 5) is 13.1. The highest BCUT2D eigenvalue weighted by atomic mass is 15.3. The Balaban J connectivity index is 2.41. The first kappa shape index (κ1) is 11.5. The van der Waals surface area contributed by atoms with Crippen molar-refractivity contribution in [1.29, 1.82) is 0 Å². The van der Waals surface area contributed by atoms with Crippen LogP contribution < -0.4 is 11.3 Å². The van der Waals surface area contributed by atoms with Gasteiger partial charge in [-0.05, 0) is 18.6 Å². The summed E-state index contributed by atoms with van der Waals surface area (Å²) in [5.74, 6) is 6.02. The van der Waals surface area contributed by atoms with Crippen LogP contribution in [0.4, 0.5) is 0 Å². The van der Waals surface area contributed by atoms with E-state index < -0.39 is 0 Å². The first-order valence-electron chi connectivity index (χ1n) is 5.58. The molecular weight excluding hydrogens is 214 g/mol. The Labute approximate surface area is 99.8 Å². The second-order valence-electron chi connectivity index (χ2n) is 3.62. The molecule has 0 bridgehead atoms. The third-order valence-electron chi connectivity index (χ3n) is 2.32. The van der Waals surface area contributed by atoms with Crippen molar-refractivity contribution in [1.82, 2.24) is 15.4 Å². The van der Waals surface area contributed by atoms with Crippen LogP contribution in [-0.4, -0.2) is 22.3 Å². The first-order valence-corrected chi connectivity index (χ1v) is 5.58. The highest BCUT2D eigenvalue weighted by molar-refractivity contribution is 5.97. The van der Waals surface area contributed by atoms with E-state index in [1.165, 1.54) is 0 Å². The summed E-state index contributed by atoms with van der Waals surface area (Å²) in [5.41, 5.74) is 4.93. The fourth-order valence-corrected chi connectivity index (χ4v) is 1.50. The molecule has 0 fully saturated rings. The molecule has 0 aliphatic heterocycles. The lowest BCUT2D eigenvalue weighted by atomic mass is 10.3. The van der Waals surface area contributed by atoms with Gasteiger partial charge in [0.15, 0.2) is 5.84 Å². The minimum atomic E-state index is 0.574. The highest BCUT2D eigenvalue weighted by Gasteiger charge is 2.04. The zero-order valence-electron chi connectivity index (χ0n) is 9.72. The molecule has 1 aromatic heterocycles. The molecule has 1 heterocycles. The molecule has 0 aliphatic rings. The van der Waals surface area contributed by atoms with Crippen LogP contribution in [0.2, 0.25) is 0 Å². The van der Waals surface area contributed by atoms with Gasteiger partial charge in [-0.1, -0.05) is 19.1 Å². The van der Waals surface area contributed by atoms with Crippen LogP contribution in [-0.2, 0) is 0 Å². The van der Waals surface area contributed by atoms with Crippen LogP contribution in [0.1, 0.15) is 19.0 Å². The molecule has 0 atom stereocenters. The molecule has 1 aromatic carbocycles.